The average molecular weight is 283 g/mol. The Bertz CT molecular complexity index is 662. The Kier molecular flexibility index (Phi) is 3.38. The topological polar surface area (TPSA) is 44.5 Å². The summed E-state index contributed by atoms with van der Waals surface area (Å²) in [5, 5.41) is 0. The highest BCUT2D eigenvalue weighted by Gasteiger charge is 2.32. The van der Waals surface area contributed by atoms with Gasteiger partial charge in [0, 0.05) is 23.6 Å². The van der Waals surface area contributed by atoms with Crippen LogP contribution in [0.15, 0.2) is 42.5 Å². The van der Waals surface area contributed by atoms with Crippen LogP contribution in [0.2, 0.25) is 0 Å². The molecule has 0 fully saturated rings. The van der Waals surface area contributed by atoms with Crippen molar-refractivity contribution in [2.45, 2.75) is 38.8 Å². The van der Waals surface area contributed by atoms with Crippen LogP contribution in [0.25, 0.3) is 0 Å². The van der Waals surface area contributed by atoms with E-state index in [-0.39, 0.29) is 11.6 Å². The Morgan fingerprint density at radius 2 is 1.81 bits per heavy atom. The van der Waals surface area contributed by atoms with Crippen molar-refractivity contribution in [3.63, 3.8) is 0 Å². The highest BCUT2D eigenvalue weighted by atomic mass is 16.5. The van der Waals surface area contributed by atoms with Crippen LogP contribution in [0, 0.1) is 0 Å². The first-order valence-corrected chi connectivity index (χ1v) is 7.29. The minimum atomic E-state index is -0.178. The van der Waals surface area contributed by atoms with E-state index in [2.05, 4.69) is 19.9 Å². The number of ether oxygens (including phenoxy) is 2. The van der Waals surface area contributed by atoms with E-state index in [1.807, 2.05) is 43.3 Å². The van der Waals surface area contributed by atoms with Crippen molar-refractivity contribution in [2.75, 3.05) is 0 Å². The first kappa shape index (κ1) is 14.0. The number of hydrogen-bond donors (Lipinski definition) is 1. The summed E-state index contributed by atoms with van der Waals surface area (Å²) < 4.78 is 12.1. The van der Waals surface area contributed by atoms with Crippen LogP contribution >= 0.6 is 0 Å². The van der Waals surface area contributed by atoms with E-state index in [0.29, 0.717) is 0 Å². The van der Waals surface area contributed by atoms with E-state index < -0.39 is 0 Å². The third kappa shape index (κ3) is 2.74. The molecule has 2 aromatic rings. The molecule has 1 heterocycles. The van der Waals surface area contributed by atoms with Gasteiger partial charge in [-0.2, -0.15) is 0 Å². The van der Waals surface area contributed by atoms with Crippen LogP contribution in [0.5, 0.6) is 17.2 Å². The van der Waals surface area contributed by atoms with E-state index in [4.69, 9.17) is 15.2 Å². The van der Waals surface area contributed by atoms with Crippen molar-refractivity contribution in [3.8, 4) is 17.2 Å². The lowest BCUT2D eigenvalue weighted by molar-refractivity contribution is 0.135. The van der Waals surface area contributed by atoms with E-state index >= 15 is 0 Å². The van der Waals surface area contributed by atoms with Crippen molar-refractivity contribution < 1.29 is 9.47 Å². The fraction of sp³-hybridized carbons (Fsp3) is 0.333. The fourth-order valence-corrected chi connectivity index (χ4v) is 2.74. The minimum absolute atomic E-state index is 0.0738. The lowest BCUT2D eigenvalue weighted by Crippen LogP contribution is -2.24. The monoisotopic (exact) mass is 283 g/mol. The molecule has 0 unspecified atom stereocenters. The predicted octanol–water partition coefficient (Wildman–Crippen LogP) is 4.21. The molecule has 0 spiro atoms. The maximum atomic E-state index is 6.10. The van der Waals surface area contributed by atoms with Crippen molar-refractivity contribution in [1.29, 1.82) is 0 Å². The second-order valence-electron chi connectivity index (χ2n) is 6.21. The number of nitrogens with two attached hydrogens (primary N) is 1. The van der Waals surface area contributed by atoms with Gasteiger partial charge in [-0.15, -0.1) is 0 Å². The van der Waals surface area contributed by atoms with Gasteiger partial charge >= 0.3 is 0 Å². The molecule has 0 saturated heterocycles. The molecule has 0 amide bonds. The average Bonchev–Trinajstić information content (AvgIpc) is 2.74. The number of fused-ring (bicyclic) bond motifs is 1. The van der Waals surface area contributed by atoms with E-state index in [9.17, 15) is 0 Å². The summed E-state index contributed by atoms with van der Waals surface area (Å²) in [6.45, 7) is 6.14. The summed E-state index contributed by atoms with van der Waals surface area (Å²) in [5.74, 6) is 2.39. The predicted molar refractivity (Wildman–Crippen MR) is 84.0 cm³/mol. The zero-order valence-corrected chi connectivity index (χ0v) is 12.7. The molecule has 3 heteroatoms. The normalized spacial score (nSPS) is 17.0. The molecule has 110 valence electrons. The van der Waals surface area contributed by atoms with Gasteiger partial charge < -0.3 is 15.2 Å². The van der Waals surface area contributed by atoms with Gasteiger partial charge in [-0.05, 0) is 32.9 Å². The minimum Gasteiger partial charge on any atom is -0.483 e. The lowest BCUT2D eigenvalue weighted by atomic mass is 10.0. The quantitative estimate of drug-likeness (QED) is 0.917. The molecule has 2 N–H and O–H groups in total. The second kappa shape index (κ2) is 5.08. The molecule has 2 aromatic carbocycles. The lowest BCUT2D eigenvalue weighted by Gasteiger charge is -2.19. The molecule has 3 nitrogen and oxygen atoms in total. The second-order valence-corrected chi connectivity index (χ2v) is 6.21. The first-order valence-electron chi connectivity index (χ1n) is 7.29. The Hall–Kier alpha value is -2.00. The molecule has 0 saturated carbocycles. The molecule has 1 aliphatic rings. The summed E-state index contributed by atoms with van der Waals surface area (Å²) >= 11 is 0. The van der Waals surface area contributed by atoms with Crippen molar-refractivity contribution in [1.82, 2.24) is 0 Å². The maximum Gasteiger partial charge on any atom is 0.169 e. The van der Waals surface area contributed by atoms with Crippen molar-refractivity contribution in [2.24, 2.45) is 5.73 Å². The molecular formula is C18H21NO2. The Labute approximate surface area is 125 Å². The van der Waals surface area contributed by atoms with Gasteiger partial charge in [0.1, 0.15) is 11.4 Å². The first-order chi connectivity index (χ1) is 9.96. The van der Waals surface area contributed by atoms with Gasteiger partial charge in [0.2, 0.25) is 0 Å². The van der Waals surface area contributed by atoms with Crippen LogP contribution in [-0.4, -0.2) is 5.60 Å². The van der Waals surface area contributed by atoms with Gasteiger partial charge in [0.25, 0.3) is 0 Å². The largest absolute Gasteiger partial charge is 0.483 e. The maximum absolute atomic E-state index is 6.10. The van der Waals surface area contributed by atoms with Crippen LogP contribution < -0.4 is 15.2 Å². The van der Waals surface area contributed by atoms with Crippen molar-refractivity contribution >= 4 is 0 Å². The third-order valence-electron chi connectivity index (χ3n) is 3.68. The highest BCUT2D eigenvalue weighted by Crippen LogP contribution is 2.44. The molecule has 3 rings (SSSR count). The van der Waals surface area contributed by atoms with Gasteiger partial charge in [0.05, 0.1) is 0 Å². The smallest absolute Gasteiger partial charge is 0.169 e. The molecule has 0 bridgehead atoms. The highest BCUT2D eigenvalue weighted by molar-refractivity contribution is 5.52. The summed E-state index contributed by atoms with van der Waals surface area (Å²) in [7, 11) is 0. The molecular weight excluding hydrogens is 262 g/mol. The van der Waals surface area contributed by atoms with E-state index in [1.54, 1.807) is 0 Å². The van der Waals surface area contributed by atoms with Gasteiger partial charge in [-0.3, -0.25) is 0 Å². The fourth-order valence-electron chi connectivity index (χ4n) is 2.74. The molecule has 1 aliphatic heterocycles. The summed E-state index contributed by atoms with van der Waals surface area (Å²) in [5.41, 5.74) is 8.02. The van der Waals surface area contributed by atoms with Crippen LogP contribution in [0.3, 0.4) is 0 Å². The number of rotatable bonds is 3. The summed E-state index contributed by atoms with van der Waals surface area (Å²) in [6.07, 6.45) is 0.897. The van der Waals surface area contributed by atoms with E-state index in [1.165, 1.54) is 5.56 Å². The summed E-state index contributed by atoms with van der Waals surface area (Å²) in [4.78, 5) is 0. The number of benzene rings is 2. The Balaban J connectivity index is 1.97. The summed E-state index contributed by atoms with van der Waals surface area (Å²) in [6, 6.07) is 13.8. The van der Waals surface area contributed by atoms with Crippen LogP contribution in [0.1, 0.15) is 37.9 Å². The molecule has 1 atom stereocenters. The zero-order valence-electron chi connectivity index (χ0n) is 12.7. The number of para-hydroxylation sites is 2. The number of hydrogen-bond acceptors (Lipinski definition) is 3. The zero-order chi connectivity index (χ0) is 15.0. The SMILES string of the molecule is C[C@@H](N)c1ccccc1Oc1cccc2c1OC(C)(C)C2. The van der Waals surface area contributed by atoms with Gasteiger partial charge in [0.15, 0.2) is 11.5 Å². The van der Waals surface area contributed by atoms with Gasteiger partial charge in [-0.25, -0.2) is 0 Å². The molecule has 21 heavy (non-hydrogen) atoms. The third-order valence-corrected chi connectivity index (χ3v) is 3.68. The van der Waals surface area contributed by atoms with Crippen molar-refractivity contribution in [3.05, 3.63) is 53.6 Å². The van der Waals surface area contributed by atoms with E-state index in [0.717, 1.165) is 29.2 Å². The van der Waals surface area contributed by atoms with Crippen LogP contribution in [0.4, 0.5) is 0 Å². The van der Waals surface area contributed by atoms with Gasteiger partial charge in [-0.1, -0.05) is 30.3 Å². The Morgan fingerprint density at radius 3 is 2.57 bits per heavy atom. The molecule has 0 aromatic heterocycles. The molecule has 0 radical (unpaired) electrons. The van der Waals surface area contributed by atoms with Crippen LogP contribution in [-0.2, 0) is 6.42 Å². The Morgan fingerprint density at radius 1 is 1.10 bits per heavy atom. The standard InChI is InChI=1S/C18H21NO2/c1-12(19)14-8-4-5-9-15(14)20-16-10-6-7-13-11-18(2,3)21-17(13)16/h4-10,12H,11,19H2,1-3H3/t12-/m1/s1. The molecule has 0 aliphatic carbocycles.